The summed E-state index contributed by atoms with van der Waals surface area (Å²) in [5.74, 6) is 0.890. The zero-order valence-electron chi connectivity index (χ0n) is 8.30. The van der Waals surface area contributed by atoms with Crippen LogP contribution in [0.5, 0.6) is 5.75 Å². The number of methoxy groups -OCH3 is 1. The van der Waals surface area contributed by atoms with Gasteiger partial charge in [0.25, 0.3) is 0 Å². The van der Waals surface area contributed by atoms with E-state index in [0.717, 1.165) is 12.2 Å². The number of rotatable bonds is 3. The van der Waals surface area contributed by atoms with Gasteiger partial charge in [0.05, 0.1) is 12.5 Å². The van der Waals surface area contributed by atoms with Crippen molar-refractivity contribution < 1.29 is 4.74 Å². The van der Waals surface area contributed by atoms with Crippen LogP contribution in [-0.4, -0.2) is 7.11 Å². The van der Waals surface area contributed by atoms with E-state index in [0.29, 0.717) is 0 Å². The average Bonchev–Trinajstić information content (AvgIpc) is 2.16. The molecule has 0 spiro atoms. The van der Waals surface area contributed by atoms with E-state index >= 15 is 0 Å². The molecule has 1 unspecified atom stereocenters. The summed E-state index contributed by atoms with van der Waals surface area (Å²) in [5, 5.41) is 0.117. The van der Waals surface area contributed by atoms with E-state index in [4.69, 9.17) is 16.3 Å². The summed E-state index contributed by atoms with van der Waals surface area (Å²) in [6.07, 6.45) is 0.953. The number of benzene rings is 1. The highest BCUT2D eigenvalue weighted by atomic mass is 35.5. The molecule has 2 heteroatoms. The Bertz CT molecular complexity index is 283. The Kier molecular flexibility index (Phi) is 3.61. The van der Waals surface area contributed by atoms with Crippen molar-refractivity contribution in [1.82, 2.24) is 0 Å². The molecule has 0 amide bonds. The van der Waals surface area contributed by atoms with Crippen LogP contribution in [-0.2, 0) is 0 Å². The molecule has 0 radical (unpaired) electrons. The second-order valence-electron chi connectivity index (χ2n) is 3.10. The van der Waals surface area contributed by atoms with Crippen LogP contribution < -0.4 is 4.74 Å². The van der Waals surface area contributed by atoms with Gasteiger partial charge in [0.15, 0.2) is 0 Å². The fraction of sp³-hybridized carbons (Fsp3) is 0.455. The Labute approximate surface area is 84.7 Å². The molecule has 0 saturated carbocycles. The highest BCUT2D eigenvalue weighted by Crippen LogP contribution is 2.28. The topological polar surface area (TPSA) is 9.23 Å². The van der Waals surface area contributed by atoms with Crippen LogP contribution in [0.3, 0.4) is 0 Å². The third-order valence-corrected chi connectivity index (χ3v) is 2.72. The van der Waals surface area contributed by atoms with E-state index in [-0.39, 0.29) is 5.38 Å². The first-order valence-corrected chi connectivity index (χ1v) is 4.91. The summed E-state index contributed by atoms with van der Waals surface area (Å²) >= 11 is 6.15. The Hall–Kier alpha value is -0.690. The molecule has 0 aliphatic heterocycles. The standard InChI is InChI=1S/C11H15ClO/c1-4-11(12)10-6-5-9(13-3)7-8(10)2/h5-7,11H,4H2,1-3H3. The van der Waals surface area contributed by atoms with Gasteiger partial charge in [-0.15, -0.1) is 11.6 Å². The lowest BCUT2D eigenvalue weighted by Gasteiger charge is -2.11. The predicted octanol–water partition coefficient (Wildman–Crippen LogP) is 3.69. The minimum atomic E-state index is 0.117. The van der Waals surface area contributed by atoms with Crippen molar-refractivity contribution in [3.05, 3.63) is 29.3 Å². The van der Waals surface area contributed by atoms with Gasteiger partial charge in [-0.25, -0.2) is 0 Å². The van der Waals surface area contributed by atoms with Gasteiger partial charge in [0.2, 0.25) is 0 Å². The summed E-state index contributed by atoms with van der Waals surface area (Å²) in [7, 11) is 1.67. The van der Waals surface area contributed by atoms with Crippen molar-refractivity contribution in [2.24, 2.45) is 0 Å². The minimum absolute atomic E-state index is 0.117. The maximum atomic E-state index is 6.15. The van der Waals surface area contributed by atoms with E-state index in [9.17, 15) is 0 Å². The van der Waals surface area contributed by atoms with Crippen LogP contribution in [0.4, 0.5) is 0 Å². The molecule has 0 aliphatic carbocycles. The van der Waals surface area contributed by atoms with Crippen molar-refractivity contribution in [2.45, 2.75) is 25.6 Å². The van der Waals surface area contributed by atoms with Crippen LogP contribution in [0, 0.1) is 6.92 Å². The van der Waals surface area contributed by atoms with Gasteiger partial charge in [0, 0.05) is 0 Å². The van der Waals surface area contributed by atoms with Crippen molar-refractivity contribution >= 4 is 11.6 Å². The predicted molar refractivity (Wildman–Crippen MR) is 56.6 cm³/mol. The first-order chi connectivity index (χ1) is 6.19. The Morgan fingerprint density at radius 3 is 2.62 bits per heavy atom. The molecule has 0 fully saturated rings. The second kappa shape index (κ2) is 4.52. The summed E-state index contributed by atoms with van der Waals surface area (Å²) in [5.41, 5.74) is 2.39. The number of halogens is 1. The molecule has 1 aromatic rings. The van der Waals surface area contributed by atoms with Gasteiger partial charge in [-0.3, -0.25) is 0 Å². The molecule has 72 valence electrons. The number of hydrogen-bond donors (Lipinski definition) is 0. The van der Waals surface area contributed by atoms with E-state index in [1.807, 2.05) is 18.2 Å². The first kappa shape index (κ1) is 10.4. The van der Waals surface area contributed by atoms with E-state index in [1.54, 1.807) is 7.11 Å². The smallest absolute Gasteiger partial charge is 0.119 e. The lowest BCUT2D eigenvalue weighted by molar-refractivity contribution is 0.414. The molecule has 0 saturated heterocycles. The zero-order valence-corrected chi connectivity index (χ0v) is 9.06. The lowest BCUT2D eigenvalue weighted by Crippen LogP contribution is -1.93. The Morgan fingerprint density at radius 2 is 2.15 bits per heavy atom. The third kappa shape index (κ3) is 2.38. The molecule has 0 N–H and O–H groups in total. The lowest BCUT2D eigenvalue weighted by atomic mass is 10.0. The molecular formula is C11H15ClO. The molecule has 1 atom stereocenters. The number of hydrogen-bond acceptors (Lipinski definition) is 1. The fourth-order valence-corrected chi connectivity index (χ4v) is 1.59. The van der Waals surface area contributed by atoms with Gasteiger partial charge >= 0.3 is 0 Å². The average molecular weight is 199 g/mol. The van der Waals surface area contributed by atoms with E-state index < -0.39 is 0 Å². The normalized spacial score (nSPS) is 12.6. The summed E-state index contributed by atoms with van der Waals surface area (Å²) in [6.45, 7) is 4.14. The van der Waals surface area contributed by atoms with Crippen LogP contribution in [0.25, 0.3) is 0 Å². The number of ether oxygens (including phenoxy) is 1. The largest absolute Gasteiger partial charge is 0.497 e. The van der Waals surface area contributed by atoms with Crippen LogP contribution in [0.15, 0.2) is 18.2 Å². The van der Waals surface area contributed by atoms with Crippen molar-refractivity contribution in [3.8, 4) is 5.75 Å². The van der Waals surface area contributed by atoms with Crippen molar-refractivity contribution in [3.63, 3.8) is 0 Å². The monoisotopic (exact) mass is 198 g/mol. The van der Waals surface area contributed by atoms with Crippen molar-refractivity contribution in [1.29, 1.82) is 0 Å². The highest BCUT2D eigenvalue weighted by Gasteiger charge is 2.08. The van der Waals surface area contributed by atoms with Gasteiger partial charge in [-0.1, -0.05) is 13.0 Å². The first-order valence-electron chi connectivity index (χ1n) is 4.47. The van der Waals surface area contributed by atoms with Crippen LogP contribution in [0.1, 0.15) is 29.8 Å². The summed E-state index contributed by atoms with van der Waals surface area (Å²) in [4.78, 5) is 0. The SMILES string of the molecule is CCC(Cl)c1ccc(OC)cc1C. The van der Waals surface area contributed by atoms with E-state index in [1.165, 1.54) is 11.1 Å². The zero-order chi connectivity index (χ0) is 9.84. The van der Waals surface area contributed by atoms with Gasteiger partial charge in [-0.05, 0) is 36.6 Å². The third-order valence-electron chi connectivity index (χ3n) is 2.17. The molecule has 1 nitrogen and oxygen atoms in total. The summed E-state index contributed by atoms with van der Waals surface area (Å²) < 4.78 is 5.12. The Morgan fingerprint density at radius 1 is 1.46 bits per heavy atom. The fourth-order valence-electron chi connectivity index (χ4n) is 1.35. The highest BCUT2D eigenvalue weighted by molar-refractivity contribution is 6.20. The maximum Gasteiger partial charge on any atom is 0.119 e. The molecule has 1 rings (SSSR count). The quantitative estimate of drug-likeness (QED) is 0.674. The molecule has 0 heterocycles. The number of aryl methyl sites for hydroxylation is 1. The van der Waals surface area contributed by atoms with Gasteiger partial charge in [0.1, 0.15) is 5.75 Å². The second-order valence-corrected chi connectivity index (χ2v) is 3.63. The Balaban J connectivity index is 2.98. The molecule has 0 aliphatic rings. The molecular weight excluding hydrogens is 184 g/mol. The van der Waals surface area contributed by atoms with Crippen molar-refractivity contribution in [2.75, 3.05) is 7.11 Å². The van der Waals surface area contributed by atoms with Gasteiger partial charge in [-0.2, -0.15) is 0 Å². The molecule has 13 heavy (non-hydrogen) atoms. The van der Waals surface area contributed by atoms with Crippen LogP contribution in [0.2, 0.25) is 0 Å². The van der Waals surface area contributed by atoms with E-state index in [2.05, 4.69) is 13.8 Å². The molecule has 0 bridgehead atoms. The van der Waals surface area contributed by atoms with Crippen LogP contribution >= 0.6 is 11.6 Å². The molecule has 1 aromatic carbocycles. The summed E-state index contributed by atoms with van der Waals surface area (Å²) in [6, 6.07) is 6.00. The van der Waals surface area contributed by atoms with Gasteiger partial charge < -0.3 is 4.74 Å². The number of alkyl halides is 1. The minimum Gasteiger partial charge on any atom is -0.497 e. The maximum absolute atomic E-state index is 6.15. The molecule has 0 aromatic heterocycles.